The highest BCUT2D eigenvalue weighted by atomic mass is 16.6. The fourth-order valence-corrected chi connectivity index (χ4v) is 5.67. The Bertz CT molecular complexity index is 786. The number of rotatable bonds is 11. The standard InChI is InChI=1S/C26H40N2O4/c29-25(12-8-6-4-2-1-3-5-7-10-23-20-31-14-15-32-23)27-17-21-16-22(19-27)24-11-9-13-26(30)28(24)18-21/h9,11,13,21-23H,1-8,10,12,14-20H2/t21-,22-,23-/m1/s1. The van der Waals surface area contributed by atoms with E-state index in [4.69, 9.17) is 9.47 Å². The van der Waals surface area contributed by atoms with Gasteiger partial charge in [-0.1, -0.05) is 51.0 Å². The van der Waals surface area contributed by atoms with Gasteiger partial charge >= 0.3 is 0 Å². The van der Waals surface area contributed by atoms with Gasteiger partial charge in [-0.15, -0.1) is 0 Å². The van der Waals surface area contributed by atoms with Crippen molar-refractivity contribution in [1.29, 1.82) is 0 Å². The molecule has 0 aliphatic carbocycles. The average molecular weight is 445 g/mol. The molecular weight excluding hydrogens is 404 g/mol. The summed E-state index contributed by atoms with van der Waals surface area (Å²) in [4.78, 5) is 27.0. The predicted octanol–water partition coefficient (Wildman–Crippen LogP) is 4.11. The maximum atomic E-state index is 12.8. The number of ether oxygens (including phenoxy) is 2. The van der Waals surface area contributed by atoms with Crippen molar-refractivity contribution in [2.24, 2.45) is 5.92 Å². The minimum absolute atomic E-state index is 0.102. The van der Waals surface area contributed by atoms with Crippen LogP contribution in [-0.2, 0) is 20.8 Å². The third kappa shape index (κ3) is 6.44. The van der Waals surface area contributed by atoms with Gasteiger partial charge in [0.05, 0.1) is 25.9 Å². The van der Waals surface area contributed by atoms with Crippen molar-refractivity contribution in [3.63, 3.8) is 0 Å². The highest BCUT2D eigenvalue weighted by Gasteiger charge is 2.35. The zero-order chi connectivity index (χ0) is 22.2. The third-order valence-electron chi connectivity index (χ3n) is 7.38. The van der Waals surface area contributed by atoms with E-state index in [1.807, 2.05) is 10.6 Å². The Balaban J connectivity index is 1.05. The monoisotopic (exact) mass is 444 g/mol. The van der Waals surface area contributed by atoms with E-state index in [9.17, 15) is 9.59 Å². The molecule has 1 aromatic heterocycles. The summed E-state index contributed by atoms with van der Waals surface area (Å²) in [6.07, 6.45) is 13.0. The van der Waals surface area contributed by atoms with Crippen molar-refractivity contribution in [3.8, 4) is 0 Å². The zero-order valence-corrected chi connectivity index (χ0v) is 19.5. The van der Waals surface area contributed by atoms with Crippen molar-refractivity contribution >= 4 is 5.91 Å². The highest BCUT2D eigenvalue weighted by Crippen LogP contribution is 2.35. The molecule has 178 valence electrons. The number of hydrogen-bond donors (Lipinski definition) is 0. The van der Waals surface area contributed by atoms with Crippen molar-refractivity contribution in [1.82, 2.24) is 9.47 Å². The smallest absolute Gasteiger partial charge is 0.250 e. The Kier molecular flexibility index (Phi) is 8.80. The Labute approximate surface area is 192 Å². The minimum Gasteiger partial charge on any atom is -0.376 e. The zero-order valence-electron chi connectivity index (χ0n) is 19.5. The molecular formula is C26H40N2O4. The second-order valence-corrected chi connectivity index (χ2v) is 9.93. The fourth-order valence-electron chi connectivity index (χ4n) is 5.67. The van der Waals surface area contributed by atoms with Gasteiger partial charge in [0.25, 0.3) is 5.56 Å². The Morgan fingerprint density at radius 3 is 2.50 bits per heavy atom. The Hall–Kier alpha value is -1.66. The van der Waals surface area contributed by atoms with Gasteiger partial charge in [-0.2, -0.15) is 0 Å². The minimum atomic E-state index is 0.102. The maximum Gasteiger partial charge on any atom is 0.250 e. The molecule has 4 rings (SSSR count). The second kappa shape index (κ2) is 12.0. The summed E-state index contributed by atoms with van der Waals surface area (Å²) in [5, 5.41) is 0. The maximum absolute atomic E-state index is 12.8. The molecule has 6 heteroatoms. The molecule has 0 radical (unpaired) electrons. The van der Waals surface area contributed by atoms with Gasteiger partial charge in [-0.3, -0.25) is 9.59 Å². The summed E-state index contributed by atoms with van der Waals surface area (Å²) >= 11 is 0. The highest BCUT2D eigenvalue weighted by molar-refractivity contribution is 5.76. The summed E-state index contributed by atoms with van der Waals surface area (Å²) in [5.74, 6) is 1.04. The molecule has 3 atom stereocenters. The molecule has 1 amide bonds. The van der Waals surface area contributed by atoms with E-state index in [2.05, 4.69) is 11.0 Å². The molecule has 2 fully saturated rings. The van der Waals surface area contributed by atoms with Crippen LogP contribution < -0.4 is 5.56 Å². The van der Waals surface area contributed by atoms with Crippen molar-refractivity contribution in [3.05, 3.63) is 34.2 Å². The van der Waals surface area contributed by atoms with E-state index in [-0.39, 0.29) is 5.56 Å². The summed E-state index contributed by atoms with van der Waals surface area (Å²) < 4.78 is 13.1. The Morgan fingerprint density at radius 1 is 0.938 bits per heavy atom. The van der Waals surface area contributed by atoms with Gasteiger partial charge in [0.2, 0.25) is 5.91 Å². The molecule has 2 saturated heterocycles. The molecule has 1 aromatic rings. The van der Waals surface area contributed by atoms with Gasteiger partial charge < -0.3 is 18.9 Å². The van der Waals surface area contributed by atoms with Gasteiger partial charge in [0.15, 0.2) is 0 Å². The van der Waals surface area contributed by atoms with Gasteiger partial charge in [-0.25, -0.2) is 0 Å². The van der Waals surface area contributed by atoms with Gasteiger partial charge in [0, 0.05) is 43.7 Å². The number of likely N-dealkylation sites (tertiary alicyclic amines) is 1. The lowest BCUT2D eigenvalue weighted by molar-refractivity contribution is -0.134. The molecule has 32 heavy (non-hydrogen) atoms. The van der Waals surface area contributed by atoms with E-state index in [1.165, 1.54) is 38.5 Å². The van der Waals surface area contributed by atoms with Crippen LogP contribution in [0.15, 0.2) is 23.0 Å². The second-order valence-electron chi connectivity index (χ2n) is 9.93. The van der Waals surface area contributed by atoms with Crippen molar-refractivity contribution in [2.45, 2.75) is 89.2 Å². The van der Waals surface area contributed by atoms with E-state index >= 15 is 0 Å². The first-order chi connectivity index (χ1) is 15.7. The number of pyridine rings is 1. The van der Waals surface area contributed by atoms with Crippen molar-refractivity contribution < 1.29 is 14.3 Å². The SMILES string of the molecule is O=C(CCCCCCCCCC[C@@H]1COCCO1)N1C[C@H]2C[C@H](C1)c1cccc(=O)n1C2. The van der Waals surface area contributed by atoms with Crippen LogP contribution in [0.2, 0.25) is 0 Å². The number of aromatic nitrogens is 1. The lowest BCUT2D eigenvalue weighted by Crippen LogP contribution is -2.49. The normalized spacial score (nSPS) is 24.9. The van der Waals surface area contributed by atoms with Crippen molar-refractivity contribution in [2.75, 3.05) is 32.9 Å². The summed E-state index contributed by atoms with van der Waals surface area (Å²) in [5.41, 5.74) is 1.22. The molecule has 6 nitrogen and oxygen atoms in total. The number of piperidine rings is 1. The molecule has 2 bridgehead atoms. The van der Waals surface area contributed by atoms with Gasteiger partial charge in [0.1, 0.15) is 0 Å². The molecule has 0 unspecified atom stereocenters. The molecule has 4 heterocycles. The van der Waals surface area contributed by atoms with Crippen LogP contribution in [0.25, 0.3) is 0 Å². The fraction of sp³-hybridized carbons (Fsp3) is 0.769. The number of fused-ring (bicyclic) bond motifs is 4. The van der Waals surface area contributed by atoms with Gasteiger partial charge in [-0.05, 0) is 31.2 Å². The van der Waals surface area contributed by atoms with Crippen LogP contribution in [0.5, 0.6) is 0 Å². The lowest BCUT2D eigenvalue weighted by Gasteiger charge is -2.42. The molecule has 3 aliphatic heterocycles. The van der Waals surface area contributed by atoms with Crippen LogP contribution in [0.1, 0.15) is 82.2 Å². The van der Waals surface area contributed by atoms with Crippen LogP contribution in [0, 0.1) is 5.92 Å². The topological polar surface area (TPSA) is 60.8 Å². The third-order valence-corrected chi connectivity index (χ3v) is 7.38. The largest absolute Gasteiger partial charge is 0.376 e. The molecule has 0 aromatic carbocycles. The summed E-state index contributed by atoms with van der Waals surface area (Å²) in [6, 6.07) is 5.57. The number of carbonyl (C=O) groups excluding carboxylic acids is 1. The summed E-state index contributed by atoms with van der Waals surface area (Å²) in [6.45, 7) is 4.62. The predicted molar refractivity (Wildman–Crippen MR) is 125 cm³/mol. The van der Waals surface area contributed by atoms with Crippen LogP contribution >= 0.6 is 0 Å². The van der Waals surface area contributed by atoms with Crippen LogP contribution in [0.4, 0.5) is 0 Å². The van der Waals surface area contributed by atoms with Crippen LogP contribution in [0.3, 0.4) is 0 Å². The first-order valence-corrected chi connectivity index (χ1v) is 12.9. The molecule has 0 saturated carbocycles. The number of amides is 1. The molecule has 0 spiro atoms. The first kappa shape index (κ1) is 23.5. The van der Waals surface area contributed by atoms with E-state index < -0.39 is 0 Å². The van der Waals surface area contributed by atoms with E-state index in [0.717, 1.165) is 70.8 Å². The quantitative estimate of drug-likeness (QED) is 0.482. The first-order valence-electron chi connectivity index (χ1n) is 12.9. The number of hydrogen-bond acceptors (Lipinski definition) is 4. The average Bonchev–Trinajstić information content (AvgIpc) is 2.81. The summed E-state index contributed by atoms with van der Waals surface area (Å²) in [7, 11) is 0. The van der Waals surface area contributed by atoms with Crippen LogP contribution in [-0.4, -0.2) is 54.4 Å². The lowest BCUT2D eigenvalue weighted by atomic mass is 9.83. The molecule has 0 N–H and O–H groups in total. The Morgan fingerprint density at radius 2 is 1.72 bits per heavy atom. The van der Waals surface area contributed by atoms with E-state index in [1.54, 1.807) is 6.07 Å². The number of nitrogens with zero attached hydrogens (tertiary/aromatic N) is 2. The molecule has 3 aliphatic rings. The number of unbranched alkanes of at least 4 members (excludes halogenated alkanes) is 7. The number of carbonyl (C=O) groups is 1. The van der Waals surface area contributed by atoms with E-state index in [0.29, 0.717) is 30.3 Å².